The van der Waals surface area contributed by atoms with E-state index >= 15 is 0 Å². The Morgan fingerprint density at radius 2 is 1.77 bits per heavy atom. The Balaban J connectivity index is 2.81. The summed E-state index contributed by atoms with van der Waals surface area (Å²) in [5.74, 6) is 1.10. The van der Waals surface area contributed by atoms with Crippen LogP contribution >= 0.6 is 27.8 Å². The molecule has 22 heavy (non-hydrogen) atoms. The monoisotopic (exact) mass is 377 g/mol. The highest BCUT2D eigenvalue weighted by Crippen LogP contribution is 2.69. The van der Waals surface area contributed by atoms with Crippen molar-refractivity contribution in [2.24, 2.45) is 11.8 Å². The van der Waals surface area contributed by atoms with Gasteiger partial charge in [0.2, 0.25) is 0 Å². The van der Waals surface area contributed by atoms with E-state index in [1.807, 2.05) is 6.92 Å². The molecule has 1 aliphatic heterocycles. The fourth-order valence-corrected chi connectivity index (χ4v) is 5.28. The smallest absolute Gasteiger partial charge is 0.367 e. The molecule has 11 heteroatoms. The normalized spacial score (nSPS) is 27.9. The quantitative estimate of drug-likeness (QED) is 0.253. The predicted molar refractivity (Wildman–Crippen MR) is 85.8 cm³/mol. The summed E-state index contributed by atoms with van der Waals surface area (Å²) in [5.41, 5.74) is 0. The van der Waals surface area contributed by atoms with Gasteiger partial charge in [-0.05, 0) is 43.4 Å². The third-order valence-corrected chi connectivity index (χ3v) is 8.37. The molecule has 0 spiro atoms. The van der Waals surface area contributed by atoms with Crippen molar-refractivity contribution < 1.29 is 33.8 Å². The highest BCUT2D eigenvalue weighted by Gasteiger charge is 2.60. The van der Waals surface area contributed by atoms with Crippen LogP contribution in [0.4, 0.5) is 0 Å². The molecule has 0 bridgehead atoms. The van der Waals surface area contributed by atoms with E-state index in [1.165, 1.54) is 0 Å². The molecule has 1 saturated heterocycles. The van der Waals surface area contributed by atoms with Gasteiger partial charge in [0, 0.05) is 12.5 Å². The second-order valence-corrected chi connectivity index (χ2v) is 10.5. The first kappa shape index (κ1) is 20.6. The van der Waals surface area contributed by atoms with Gasteiger partial charge in [-0.25, -0.2) is 0 Å². The molecule has 0 aliphatic carbocycles. The van der Waals surface area contributed by atoms with Crippen LogP contribution in [-0.2, 0) is 9.13 Å². The van der Waals surface area contributed by atoms with Crippen molar-refractivity contribution >= 4 is 27.8 Å². The van der Waals surface area contributed by atoms with E-state index in [0.717, 1.165) is 25.0 Å². The molecule has 6 N–H and O–H groups in total. The molecule has 1 fully saturated rings. The zero-order valence-corrected chi connectivity index (χ0v) is 15.1. The van der Waals surface area contributed by atoms with E-state index in [-0.39, 0.29) is 5.92 Å². The summed E-state index contributed by atoms with van der Waals surface area (Å²) in [7, 11) is -10.8. The van der Waals surface area contributed by atoms with Crippen molar-refractivity contribution in [2.75, 3.05) is 12.3 Å². The Bertz CT molecular complexity index is 443. The third kappa shape index (κ3) is 4.79. The highest BCUT2D eigenvalue weighted by molar-refractivity contribution is 7.80. The number of hydrogen-bond donors (Lipinski definition) is 7. The van der Waals surface area contributed by atoms with E-state index in [0.29, 0.717) is 12.5 Å². The zero-order chi connectivity index (χ0) is 17.2. The molecular formula is C11H25NO7P2S. The molecule has 1 heterocycles. The first-order chi connectivity index (χ1) is 9.92. The fraction of sp³-hybridized carbons (Fsp3) is 1.00. The van der Waals surface area contributed by atoms with Gasteiger partial charge >= 0.3 is 15.2 Å². The lowest BCUT2D eigenvalue weighted by Crippen LogP contribution is -2.48. The minimum Gasteiger partial charge on any atom is -0.367 e. The van der Waals surface area contributed by atoms with Crippen molar-refractivity contribution in [2.45, 2.75) is 43.7 Å². The fourth-order valence-electron chi connectivity index (χ4n) is 2.87. The summed E-state index contributed by atoms with van der Waals surface area (Å²) in [6, 6.07) is -0.572. The number of nitrogens with one attached hydrogen (secondary N) is 1. The number of rotatable bonds is 7. The van der Waals surface area contributed by atoms with Gasteiger partial charge in [-0.3, -0.25) is 9.13 Å². The predicted octanol–water partition coefficient (Wildman–Crippen LogP) is 0.702. The second-order valence-electron chi connectivity index (χ2n) is 6.03. The van der Waals surface area contributed by atoms with Gasteiger partial charge < -0.3 is 30.0 Å². The van der Waals surface area contributed by atoms with Crippen molar-refractivity contribution in [3.8, 4) is 0 Å². The molecule has 0 aromatic carbocycles. The summed E-state index contributed by atoms with van der Waals surface area (Å²) in [4.78, 5) is 36.8. The van der Waals surface area contributed by atoms with E-state index in [9.17, 15) is 33.8 Å². The van der Waals surface area contributed by atoms with Crippen LogP contribution in [0.3, 0.4) is 0 Å². The van der Waals surface area contributed by atoms with Crippen molar-refractivity contribution in [1.82, 2.24) is 5.32 Å². The minimum absolute atomic E-state index is 0.0664. The van der Waals surface area contributed by atoms with E-state index in [4.69, 9.17) is 0 Å². The molecule has 3 atom stereocenters. The average Bonchev–Trinajstić information content (AvgIpc) is 2.36. The van der Waals surface area contributed by atoms with Gasteiger partial charge in [0.25, 0.3) is 5.08 Å². The number of aliphatic hydroxyl groups is 1. The van der Waals surface area contributed by atoms with Crippen LogP contribution in [0.1, 0.15) is 32.6 Å². The molecule has 0 amide bonds. The maximum absolute atomic E-state index is 11.4. The summed E-state index contributed by atoms with van der Waals surface area (Å²) in [6.07, 6.45) is 2.00. The van der Waals surface area contributed by atoms with E-state index in [1.54, 1.807) is 0 Å². The lowest BCUT2D eigenvalue weighted by molar-refractivity contribution is 0.0914. The largest absolute Gasteiger partial charge is 0.369 e. The van der Waals surface area contributed by atoms with Gasteiger partial charge in [0.05, 0.1) is 0 Å². The minimum atomic E-state index is -5.39. The lowest BCUT2D eigenvalue weighted by atomic mass is 9.82. The van der Waals surface area contributed by atoms with Crippen molar-refractivity contribution in [3.63, 3.8) is 0 Å². The van der Waals surface area contributed by atoms with E-state index < -0.39 is 32.7 Å². The Hall–Kier alpha value is 0.570. The molecular weight excluding hydrogens is 352 g/mol. The summed E-state index contributed by atoms with van der Waals surface area (Å²) in [6.45, 7) is 2.42. The maximum atomic E-state index is 11.4. The molecule has 0 saturated carbocycles. The Labute approximate surface area is 135 Å². The molecule has 8 nitrogen and oxygen atoms in total. The summed E-state index contributed by atoms with van der Waals surface area (Å²) < 4.78 is 22.8. The van der Waals surface area contributed by atoms with Crippen LogP contribution in [0, 0.1) is 11.8 Å². The van der Waals surface area contributed by atoms with Gasteiger partial charge in [0.1, 0.15) is 0 Å². The Kier molecular flexibility index (Phi) is 7.16. The molecule has 0 aromatic heterocycles. The van der Waals surface area contributed by atoms with Crippen molar-refractivity contribution in [1.29, 1.82) is 0 Å². The highest BCUT2D eigenvalue weighted by atomic mass is 32.1. The zero-order valence-electron chi connectivity index (χ0n) is 12.4. The van der Waals surface area contributed by atoms with Crippen molar-refractivity contribution in [3.05, 3.63) is 0 Å². The third-order valence-electron chi connectivity index (χ3n) is 4.26. The Morgan fingerprint density at radius 1 is 1.23 bits per heavy atom. The number of hydrogen-bond acceptors (Lipinski definition) is 5. The maximum Gasteiger partial charge on any atom is 0.369 e. The van der Waals surface area contributed by atoms with Crippen LogP contribution in [0.2, 0.25) is 0 Å². The molecule has 1 aliphatic rings. The molecule has 3 unspecified atom stereocenters. The SMILES string of the molecule is CC1CC(CCCS)CNC1CC(O)(P(=O)(O)O)P(=O)(O)O. The topological polar surface area (TPSA) is 147 Å². The number of piperidine rings is 1. The molecule has 132 valence electrons. The van der Waals surface area contributed by atoms with Crippen LogP contribution in [-0.4, -0.2) is 48.1 Å². The van der Waals surface area contributed by atoms with Crippen LogP contribution in [0.15, 0.2) is 0 Å². The molecule has 0 radical (unpaired) electrons. The standard InChI is InChI=1S/C11H25NO7P2S/c1-8-5-9(3-2-4-22)7-12-10(8)6-11(13,20(14,15)16)21(17,18)19/h8-10,12-13,22H,2-7H2,1H3,(H2,14,15,16)(H2,17,18,19). The summed E-state index contributed by atoms with van der Waals surface area (Å²) in [5, 5.41) is 9.70. The van der Waals surface area contributed by atoms with E-state index in [2.05, 4.69) is 17.9 Å². The molecule has 0 aromatic rings. The Morgan fingerprint density at radius 3 is 2.18 bits per heavy atom. The van der Waals surface area contributed by atoms with Gasteiger partial charge in [-0.1, -0.05) is 6.92 Å². The van der Waals surface area contributed by atoms with Crippen LogP contribution < -0.4 is 5.32 Å². The van der Waals surface area contributed by atoms with Gasteiger partial charge in [-0.15, -0.1) is 0 Å². The summed E-state index contributed by atoms with van der Waals surface area (Å²) >= 11 is 4.15. The van der Waals surface area contributed by atoms with Gasteiger partial charge in [-0.2, -0.15) is 12.6 Å². The first-order valence-corrected chi connectivity index (χ1v) is 11.0. The second kappa shape index (κ2) is 7.64. The van der Waals surface area contributed by atoms with Crippen LogP contribution in [0.5, 0.6) is 0 Å². The van der Waals surface area contributed by atoms with Crippen LogP contribution in [0.25, 0.3) is 0 Å². The molecule has 1 rings (SSSR count). The first-order valence-electron chi connectivity index (χ1n) is 7.10. The van der Waals surface area contributed by atoms with Gasteiger partial charge in [0.15, 0.2) is 0 Å². The average molecular weight is 377 g/mol. The number of thiol groups is 1. The lowest BCUT2D eigenvalue weighted by Gasteiger charge is -2.40.